The van der Waals surface area contributed by atoms with Gasteiger partial charge in [-0.05, 0) is 6.07 Å². The van der Waals surface area contributed by atoms with E-state index in [1.54, 1.807) is 0 Å². The van der Waals surface area contributed by atoms with Crippen molar-refractivity contribution in [2.24, 2.45) is 0 Å². The highest BCUT2D eigenvalue weighted by atomic mass is 35.5. The summed E-state index contributed by atoms with van der Waals surface area (Å²) in [4.78, 5) is 13.9. The second kappa shape index (κ2) is 4.25. The van der Waals surface area contributed by atoms with Crippen molar-refractivity contribution in [3.05, 3.63) is 28.0 Å². The topological polar surface area (TPSA) is 81.7 Å². The molecule has 66 valence electrons. The lowest BCUT2D eigenvalue weighted by Crippen LogP contribution is -2.00. The zero-order valence-electron chi connectivity index (χ0n) is 5.71. The molecule has 1 aromatic rings. The van der Waals surface area contributed by atoms with Gasteiger partial charge in [-0.3, -0.25) is 0 Å². The summed E-state index contributed by atoms with van der Waals surface area (Å²) >= 11 is 11.0. The Balaban J connectivity index is 0.00000121. The quantitative estimate of drug-likeness (QED) is 0.757. The molecule has 12 heavy (non-hydrogen) atoms. The smallest absolute Gasteiger partial charge is 0.356 e. The van der Waals surface area contributed by atoms with E-state index in [-0.39, 0.29) is 21.2 Å². The van der Waals surface area contributed by atoms with E-state index >= 15 is 0 Å². The van der Waals surface area contributed by atoms with E-state index in [2.05, 4.69) is 4.98 Å². The number of carboxylic acids is 1. The molecule has 0 fully saturated rings. The molecule has 4 nitrogen and oxygen atoms in total. The van der Waals surface area contributed by atoms with Crippen LogP contribution in [0.25, 0.3) is 0 Å². The number of aromatic nitrogens is 1. The van der Waals surface area contributed by atoms with Gasteiger partial charge in [-0.15, -0.1) is 0 Å². The van der Waals surface area contributed by atoms with Gasteiger partial charge in [-0.2, -0.15) is 0 Å². The highest BCUT2D eigenvalue weighted by Crippen LogP contribution is 2.23. The van der Waals surface area contributed by atoms with Crippen molar-refractivity contribution in [2.45, 2.75) is 0 Å². The van der Waals surface area contributed by atoms with Gasteiger partial charge in [0.05, 0.1) is 10.0 Å². The van der Waals surface area contributed by atoms with Gasteiger partial charge < -0.3 is 10.6 Å². The standard InChI is InChI=1S/C6H3Cl2NO2.H2O/c7-3-1-2-9-5(4(3)8)6(10)11;/h1-2H,(H,10,11);1H2. The van der Waals surface area contributed by atoms with Crippen molar-refractivity contribution >= 4 is 29.2 Å². The van der Waals surface area contributed by atoms with E-state index in [4.69, 9.17) is 28.3 Å². The van der Waals surface area contributed by atoms with Gasteiger partial charge in [0.25, 0.3) is 0 Å². The van der Waals surface area contributed by atoms with Crippen molar-refractivity contribution in [3.63, 3.8) is 0 Å². The minimum absolute atomic E-state index is 0. The van der Waals surface area contributed by atoms with E-state index in [0.717, 1.165) is 0 Å². The third kappa shape index (κ3) is 2.07. The Morgan fingerprint density at radius 3 is 2.50 bits per heavy atom. The molecule has 0 atom stereocenters. The van der Waals surface area contributed by atoms with E-state index in [9.17, 15) is 4.79 Å². The molecule has 1 rings (SSSR count). The van der Waals surface area contributed by atoms with Gasteiger partial charge in [0.15, 0.2) is 5.69 Å². The third-order valence-corrected chi connectivity index (χ3v) is 1.84. The molecule has 1 heterocycles. The fraction of sp³-hybridized carbons (Fsp3) is 0. The monoisotopic (exact) mass is 209 g/mol. The van der Waals surface area contributed by atoms with Crippen LogP contribution in [0.1, 0.15) is 10.5 Å². The summed E-state index contributed by atoms with van der Waals surface area (Å²) in [6.07, 6.45) is 1.29. The normalized spacial score (nSPS) is 8.83. The van der Waals surface area contributed by atoms with Crippen LogP contribution in [0.2, 0.25) is 10.0 Å². The Morgan fingerprint density at radius 2 is 2.08 bits per heavy atom. The number of nitrogens with zero attached hydrogens (tertiary/aromatic N) is 1. The number of hydrogen-bond donors (Lipinski definition) is 1. The first-order chi connectivity index (χ1) is 5.13. The highest BCUT2D eigenvalue weighted by Gasteiger charge is 2.11. The molecule has 0 saturated carbocycles. The van der Waals surface area contributed by atoms with E-state index in [0.29, 0.717) is 0 Å². The maximum Gasteiger partial charge on any atom is 0.356 e. The third-order valence-electron chi connectivity index (χ3n) is 1.04. The minimum atomic E-state index is -1.18. The molecule has 0 aliphatic carbocycles. The lowest BCUT2D eigenvalue weighted by molar-refractivity contribution is 0.0690. The molecular formula is C6H5Cl2NO3. The number of hydrogen-bond acceptors (Lipinski definition) is 2. The number of carboxylic acid groups (broad SMARTS) is 1. The fourth-order valence-electron chi connectivity index (χ4n) is 0.569. The Hall–Kier alpha value is -0.840. The lowest BCUT2D eigenvalue weighted by Gasteiger charge is -1.97. The predicted octanol–water partition coefficient (Wildman–Crippen LogP) is 1.26. The average Bonchev–Trinajstić information content (AvgIpc) is 1.94. The molecule has 0 aliphatic heterocycles. The molecule has 0 bridgehead atoms. The average molecular weight is 210 g/mol. The number of halogens is 2. The minimum Gasteiger partial charge on any atom is -0.476 e. The van der Waals surface area contributed by atoms with Crippen molar-refractivity contribution < 1.29 is 15.4 Å². The van der Waals surface area contributed by atoms with Crippen LogP contribution < -0.4 is 0 Å². The van der Waals surface area contributed by atoms with Gasteiger partial charge in [0.2, 0.25) is 0 Å². The van der Waals surface area contributed by atoms with Crippen LogP contribution in [-0.4, -0.2) is 21.5 Å². The van der Waals surface area contributed by atoms with Crippen molar-refractivity contribution in [3.8, 4) is 0 Å². The van der Waals surface area contributed by atoms with Gasteiger partial charge >= 0.3 is 5.97 Å². The highest BCUT2D eigenvalue weighted by molar-refractivity contribution is 6.43. The molecule has 6 heteroatoms. The molecule has 0 radical (unpaired) electrons. The van der Waals surface area contributed by atoms with E-state index < -0.39 is 5.97 Å². The number of carbonyl (C=O) groups is 1. The van der Waals surface area contributed by atoms with Gasteiger partial charge in [0, 0.05) is 6.20 Å². The zero-order chi connectivity index (χ0) is 8.43. The molecule has 0 aromatic carbocycles. The molecule has 0 amide bonds. The van der Waals surface area contributed by atoms with Crippen LogP contribution in [0.4, 0.5) is 0 Å². The molecule has 0 unspecified atom stereocenters. The Morgan fingerprint density at radius 1 is 1.50 bits per heavy atom. The second-order valence-electron chi connectivity index (χ2n) is 1.76. The Labute approximate surface area is 78.1 Å². The van der Waals surface area contributed by atoms with Gasteiger partial charge in [-0.25, -0.2) is 9.78 Å². The van der Waals surface area contributed by atoms with Crippen LogP contribution in [0.5, 0.6) is 0 Å². The molecular weight excluding hydrogens is 205 g/mol. The summed E-state index contributed by atoms with van der Waals surface area (Å²) in [7, 11) is 0. The first kappa shape index (κ1) is 11.2. The SMILES string of the molecule is O.O=C(O)c1nccc(Cl)c1Cl. The lowest BCUT2D eigenvalue weighted by atomic mass is 10.3. The summed E-state index contributed by atoms with van der Waals surface area (Å²) < 4.78 is 0. The summed E-state index contributed by atoms with van der Waals surface area (Å²) in [6, 6.07) is 1.43. The molecule has 0 saturated heterocycles. The first-order valence-corrected chi connectivity index (χ1v) is 3.42. The van der Waals surface area contributed by atoms with Crippen LogP contribution in [0, 0.1) is 0 Å². The summed E-state index contributed by atoms with van der Waals surface area (Å²) in [5.41, 5.74) is -0.223. The summed E-state index contributed by atoms with van der Waals surface area (Å²) in [5.74, 6) is -1.18. The number of pyridine rings is 1. The van der Waals surface area contributed by atoms with Crippen molar-refractivity contribution in [1.82, 2.24) is 4.98 Å². The van der Waals surface area contributed by atoms with Crippen LogP contribution in [-0.2, 0) is 0 Å². The van der Waals surface area contributed by atoms with Crippen LogP contribution in [0.15, 0.2) is 12.3 Å². The summed E-state index contributed by atoms with van der Waals surface area (Å²) in [5, 5.41) is 8.65. The Bertz CT molecular complexity index is 303. The van der Waals surface area contributed by atoms with E-state index in [1.807, 2.05) is 0 Å². The van der Waals surface area contributed by atoms with Crippen LogP contribution in [0.3, 0.4) is 0 Å². The van der Waals surface area contributed by atoms with Crippen molar-refractivity contribution in [1.29, 1.82) is 0 Å². The predicted molar refractivity (Wildman–Crippen MR) is 44.8 cm³/mol. The molecule has 1 aromatic heterocycles. The zero-order valence-corrected chi connectivity index (χ0v) is 7.23. The van der Waals surface area contributed by atoms with Gasteiger partial charge in [-0.1, -0.05) is 23.2 Å². The number of rotatable bonds is 1. The second-order valence-corrected chi connectivity index (χ2v) is 2.55. The maximum absolute atomic E-state index is 10.4. The number of aromatic carboxylic acids is 1. The first-order valence-electron chi connectivity index (χ1n) is 2.66. The molecule has 3 N–H and O–H groups in total. The summed E-state index contributed by atoms with van der Waals surface area (Å²) in [6.45, 7) is 0. The fourth-order valence-corrected chi connectivity index (χ4v) is 0.908. The largest absolute Gasteiger partial charge is 0.476 e. The Kier molecular flexibility index (Phi) is 3.95. The maximum atomic E-state index is 10.4. The van der Waals surface area contributed by atoms with Crippen LogP contribution >= 0.6 is 23.2 Å². The van der Waals surface area contributed by atoms with Crippen molar-refractivity contribution in [2.75, 3.05) is 0 Å². The molecule has 0 spiro atoms. The van der Waals surface area contributed by atoms with Gasteiger partial charge in [0.1, 0.15) is 0 Å². The van der Waals surface area contributed by atoms with E-state index in [1.165, 1.54) is 12.3 Å². The molecule has 0 aliphatic rings.